The lowest BCUT2D eigenvalue weighted by Gasteiger charge is -2.44. The summed E-state index contributed by atoms with van der Waals surface area (Å²) in [6, 6.07) is 0. The van der Waals surface area contributed by atoms with Gasteiger partial charge in [0.05, 0.1) is 0 Å². The molecule has 0 aromatic carbocycles. The predicted molar refractivity (Wildman–Crippen MR) is 65.1 cm³/mol. The van der Waals surface area contributed by atoms with Gasteiger partial charge in [0.1, 0.15) is 0 Å². The van der Waals surface area contributed by atoms with Gasteiger partial charge in [0, 0.05) is 19.0 Å². The summed E-state index contributed by atoms with van der Waals surface area (Å²) < 4.78 is 0. The van der Waals surface area contributed by atoms with Crippen molar-refractivity contribution in [3.05, 3.63) is 0 Å². The van der Waals surface area contributed by atoms with Gasteiger partial charge in [-0.1, -0.05) is 13.8 Å². The molecule has 2 saturated heterocycles. The average Bonchev–Trinajstić information content (AvgIpc) is 2.15. The zero-order chi connectivity index (χ0) is 11.7. The monoisotopic (exact) mass is 224 g/mol. The van der Waals surface area contributed by atoms with Gasteiger partial charge < -0.3 is 9.80 Å². The Kier molecular flexibility index (Phi) is 3.53. The quantitative estimate of drug-likeness (QED) is 0.708. The van der Waals surface area contributed by atoms with Gasteiger partial charge in [0.15, 0.2) is 0 Å². The largest absolute Gasteiger partial charge is 0.342 e. The number of hydrogen-bond acceptors (Lipinski definition) is 2. The van der Waals surface area contributed by atoms with E-state index in [-0.39, 0.29) is 0 Å². The minimum Gasteiger partial charge on any atom is -0.342 e. The maximum atomic E-state index is 12.2. The molecule has 0 radical (unpaired) electrons. The second kappa shape index (κ2) is 4.74. The molecule has 0 saturated carbocycles. The number of nitrogens with zero attached hydrogens (tertiary/aromatic N) is 2. The fraction of sp³-hybridized carbons (Fsp3) is 0.923. The topological polar surface area (TPSA) is 23.6 Å². The number of carbonyl (C=O) groups excluding carboxylic acids is 1. The summed E-state index contributed by atoms with van der Waals surface area (Å²) in [6.45, 7) is 8.67. The van der Waals surface area contributed by atoms with Crippen LogP contribution in [0.3, 0.4) is 0 Å². The van der Waals surface area contributed by atoms with Crippen LogP contribution in [-0.4, -0.2) is 48.9 Å². The van der Waals surface area contributed by atoms with E-state index in [1.54, 1.807) is 0 Å². The zero-order valence-electron chi connectivity index (χ0n) is 10.8. The van der Waals surface area contributed by atoms with Crippen molar-refractivity contribution in [3.63, 3.8) is 0 Å². The smallest absolute Gasteiger partial charge is 0.225 e. The van der Waals surface area contributed by atoms with E-state index in [1.165, 1.54) is 0 Å². The van der Waals surface area contributed by atoms with E-state index in [9.17, 15) is 4.79 Å². The zero-order valence-corrected chi connectivity index (χ0v) is 10.8. The molecule has 0 atom stereocenters. The number of piperidine rings is 1. The lowest BCUT2D eigenvalue weighted by atomic mass is 9.86. The molecule has 2 aliphatic heterocycles. The molecule has 3 nitrogen and oxygen atoms in total. The van der Waals surface area contributed by atoms with Crippen molar-refractivity contribution in [2.75, 3.05) is 33.2 Å². The Morgan fingerprint density at radius 3 is 2.25 bits per heavy atom. The van der Waals surface area contributed by atoms with Crippen LogP contribution >= 0.6 is 0 Å². The standard InChI is InChI=1S/C13H24N2O/c1-10(2)12-8-15(9-12)13(16)11-4-6-14(3)7-5-11/h10-12H,4-9H2,1-3H3. The Bertz CT molecular complexity index is 251. The first-order chi connectivity index (χ1) is 7.58. The summed E-state index contributed by atoms with van der Waals surface area (Å²) in [6.07, 6.45) is 2.11. The van der Waals surface area contributed by atoms with Gasteiger partial charge in [-0.2, -0.15) is 0 Å². The molecule has 0 aliphatic carbocycles. The molecular weight excluding hydrogens is 200 g/mol. The Hall–Kier alpha value is -0.570. The van der Waals surface area contributed by atoms with Crippen LogP contribution in [0, 0.1) is 17.8 Å². The normalized spacial score (nSPS) is 24.9. The van der Waals surface area contributed by atoms with Crippen LogP contribution in [0.1, 0.15) is 26.7 Å². The Morgan fingerprint density at radius 2 is 1.75 bits per heavy atom. The first-order valence-electron chi connectivity index (χ1n) is 6.55. The van der Waals surface area contributed by atoms with Gasteiger partial charge in [-0.05, 0) is 44.8 Å². The molecule has 0 N–H and O–H groups in total. The molecule has 3 heteroatoms. The van der Waals surface area contributed by atoms with Crippen molar-refractivity contribution < 1.29 is 4.79 Å². The Balaban J connectivity index is 1.77. The summed E-state index contributed by atoms with van der Waals surface area (Å²) >= 11 is 0. The fourth-order valence-corrected chi connectivity index (χ4v) is 2.63. The molecule has 1 amide bonds. The van der Waals surface area contributed by atoms with E-state index in [2.05, 4.69) is 30.7 Å². The Labute approximate surface area is 98.8 Å². The summed E-state index contributed by atoms with van der Waals surface area (Å²) in [5, 5.41) is 0. The van der Waals surface area contributed by atoms with Crippen molar-refractivity contribution in [3.8, 4) is 0 Å². The van der Waals surface area contributed by atoms with E-state index < -0.39 is 0 Å². The van der Waals surface area contributed by atoms with Crippen LogP contribution in [-0.2, 0) is 4.79 Å². The van der Waals surface area contributed by atoms with Gasteiger partial charge in [0.2, 0.25) is 5.91 Å². The predicted octanol–water partition coefficient (Wildman–Crippen LogP) is 1.44. The molecule has 0 aromatic heterocycles. The highest BCUT2D eigenvalue weighted by Gasteiger charge is 2.36. The number of rotatable bonds is 2. The second-order valence-electron chi connectivity index (χ2n) is 5.82. The van der Waals surface area contributed by atoms with Crippen LogP contribution in [0.4, 0.5) is 0 Å². The van der Waals surface area contributed by atoms with Gasteiger partial charge in [-0.15, -0.1) is 0 Å². The maximum Gasteiger partial charge on any atom is 0.225 e. The highest BCUT2D eigenvalue weighted by molar-refractivity contribution is 5.79. The second-order valence-corrected chi connectivity index (χ2v) is 5.82. The van der Waals surface area contributed by atoms with Crippen LogP contribution < -0.4 is 0 Å². The van der Waals surface area contributed by atoms with Gasteiger partial charge in [-0.25, -0.2) is 0 Å². The van der Waals surface area contributed by atoms with Crippen molar-refractivity contribution in [2.24, 2.45) is 17.8 Å². The number of hydrogen-bond donors (Lipinski definition) is 0. The maximum absolute atomic E-state index is 12.2. The third-order valence-electron chi connectivity index (χ3n) is 4.23. The van der Waals surface area contributed by atoms with Crippen LogP contribution in [0.25, 0.3) is 0 Å². The molecule has 2 rings (SSSR count). The summed E-state index contributed by atoms with van der Waals surface area (Å²) in [5.74, 6) is 2.20. The molecule has 0 aromatic rings. The minimum atomic E-state index is 0.310. The van der Waals surface area contributed by atoms with Crippen molar-refractivity contribution in [1.82, 2.24) is 9.80 Å². The number of carbonyl (C=O) groups is 1. The summed E-state index contributed by atoms with van der Waals surface area (Å²) in [7, 11) is 2.14. The van der Waals surface area contributed by atoms with E-state index in [0.717, 1.165) is 50.9 Å². The first-order valence-corrected chi connectivity index (χ1v) is 6.55. The molecule has 2 heterocycles. The van der Waals surface area contributed by atoms with Crippen LogP contribution in [0.2, 0.25) is 0 Å². The molecule has 0 spiro atoms. The molecule has 16 heavy (non-hydrogen) atoms. The molecule has 92 valence electrons. The lowest BCUT2D eigenvalue weighted by Crippen LogP contribution is -2.54. The number of likely N-dealkylation sites (tertiary alicyclic amines) is 2. The summed E-state index contributed by atoms with van der Waals surface area (Å²) in [5.41, 5.74) is 0. The average molecular weight is 224 g/mol. The first kappa shape index (κ1) is 11.9. The summed E-state index contributed by atoms with van der Waals surface area (Å²) in [4.78, 5) is 16.5. The lowest BCUT2D eigenvalue weighted by molar-refractivity contribution is -0.144. The molecule has 0 bridgehead atoms. The van der Waals surface area contributed by atoms with Crippen LogP contribution in [0.5, 0.6) is 0 Å². The minimum absolute atomic E-state index is 0.310. The van der Waals surface area contributed by atoms with E-state index >= 15 is 0 Å². The van der Waals surface area contributed by atoms with E-state index in [4.69, 9.17) is 0 Å². The molecule has 2 fully saturated rings. The van der Waals surface area contributed by atoms with Gasteiger partial charge in [-0.3, -0.25) is 4.79 Å². The third kappa shape index (κ3) is 2.40. The molecule has 0 unspecified atom stereocenters. The van der Waals surface area contributed by atoms with Gasteiger partial charge in [0.25, 0.3) is 0 Å². The van der Waals surface area contributed by atoms with Crippen LogP contribution in [0.15, 0.2) is 0 Å². The third-order valence-corrected chi connectivity index (χ3v) is 4.23. The van der Waals surface area contributed by atoms with Crippen molar-refractivity contribution in [2.45, 2.75) is 26.7 Å². The SMILES string of the molecule is CC(C)C1CN(C(=O)C2CCN(C)CC2)C1. The van der Waals surface area contributed by atoms with Crippen molar-refractivity contribution >= 4 is 5.91 Å². The highest BCUT2D eigenvalue weighted by atomic mass is 16.2. The Morgan fingerprint density at radius 1 is 1.19 bits per heavy atom. The van der Waals surface area contributed by atoms with E-state index in [1.807, 2.05) is 0 Å². The molecular formula is C13H24N2O. The van der Waals surface area contributed by atoms with Crippen molar-refractivity contribution in [1.29, 1.82) is 0 Å². The highest BCUT2D eigenvalue weighted by Crippen LogP contribution is 2.27. The number of amides is 1. The van der Waals surface area contributed by atoms with E-state index in [0.29, 0.717) is 11.8 Å². The fourth-order valence-electron chi connectivity index (χ4n) is 2.63. The molecule has 2 aliphatic rings. The van der Waals surface area contributed by atoms with Gasteiger partial charge >= 0.3 is 0 Å².